The molecular weight excluding hydrogens is 240 g/mol. The first-order chi connectivity index (χ1) is 8.34. The summed E-state index contributed by atoms with van der Waals surface area (Å²) >= 11 is 5.78. The van der Waals surface area contributed by atoms with Gasteiger partial charge in [0.25, 0.3) is 0 Å². The van der Waals surface area contributed by atoms with Crippen molar-refractivity contribution < 1.29 is 14.2 Å². The van der Waals surface area contributed by atoms with Crippen molar-refractivity contribution in [1.29, 1.82) is 0 Å². The van der Waals surface area contributed by atoms with E-state index in [2.05, 4.69) is 0 Å². The van der Waals surface area contributed by atoms with E-state index in [1.165, 1.54) is 6.42 Å². The van der Waals surface area contributed by atoms with E-state index in [9.17, 15) is 0 Å². The number of hydrogen-bond donors (Lipinski definition) is 0. The van der Waals surface area contributed by atoms with Crippen LogP contribution in [0, 0.1) is 0 Å². The van der Waals surface area contributed by atoms with Crippen LogP contribution in [0.25, 0.3) is 0 Å². The van der Waals surface area contributed by atoms with Crippen LogP contribution in [0.15, 0.2) is 24.3 Å². The molecule has 1 heterocycles. The van der Waals surface area contributed by atoms with Gasteiger partial charge in [-0.05, 0) is 43.5 Å². The number of hydrogen-bond acceptors (Lipinski definition) is 3. The van der Waals surface area contributed by atoms with Gasteiger partial charge in [0.1, 0.15) is 12.4 Å². The summed E-state index contributed by atoms with van der Waals surface area (Å²) in [6, 6.07) is 7.31. The molecule has 1 saturated heterocycles. The fourth-order valence-electron chi connectivity index (χ4n) is 1.71. The lowest BCUT2D eigenvalue weighted by molar-refractivity contribution is -0.165. The average Bonchev–Trinajstić information content (AvgIpc) is 2.38. The first kappa shape index (κ1) is 12.7. The van der Waals surface area contributed by atoms with Gasteiger partial charge in [0.2, 0.25) is 0 Å². The molecule has 0 amide bonds. The van der Waals surface area contributed by atoms with E-state index in [0.717, 1.165) is 25.2 Å². The Bertz CT molecular complexity index is 320. The van der Waals surface area contributed by atoms with Crippen LogP contribution in [0.2, 0.25) is 5.02 Å². The third kappa shape index (κ3) is 4.54. The average molecular weight is 257 g/mol. The quantitative estimate of drug-likeness (QED) is 0.757. The van der Waals surface area contributed by atoms with E-state index in [-0.39, 0.29) is 6.29 Å². The van der Waals surface area contributed by atoms with Crippen molar-refractivity contribution >= 4 is 11.6 Å². The summed E-state index contributed by atoms with van der Waals surface area (Å²) in [6.45, 7) is 1.89. The smallest absolute Gasteiger partial charge is 0.157 e. The predicted molar refractivity (Wildman–Crippen MR) is 66.5 cm³/mol. The molecule has 0 aromatic heterocycles. The third-order valence-electron chi connectivity index (χ3n) is 2.61. The monoisotopic (exact) mass is 256 g/mol. The zero-order valence-electron chi connectivity index (χ0n) is 9.73. The normalized spacial score (nSPS) is 20.2. The lowest BCUT2D eigenvalue weighted by Crippen LogP contribution is -2.24. The summed E-state index contributed by atoms with van der Waals surface area (Å²) in [6.07, 6.45) is 3.27. The highest BCUT2D eigenvalue weighted by atomic mass is 35.5. The Morgan fingerprint density at radius 2 is 2.00 bits per heavy atom. The summed E-state index contributed by atoms with van der Waals surface area (Å²) in [5, 5.41) is 0.712. The van der Waals surface area contributed by atoms with Gasteiger partial charge in [0.15, 0.2) is 6.29 Å². The zero-order chi connectivity index (χ0) is 11.9. The molecular formula is C13H17ClO3. The third-order valence-corrected chi connectivity index (χ3v) is 2.86. The minimum Gasteiger partial charge on any atom is -0.491 e. The van der Waals surface area contributed by atoms with Crippen LogP contribution < -0.4 is 4.74 Å². The number of ether oxygens (including phenoxy) is 3. The minimum absolute atomic E-state index is 0.0439. The molecule has 0 spiro atoms. The maximum absolute atomic E-state index is 5.78. The summed E-state index contributed by atoms with van der Waals surface area (Å²) < 4.78 is 16.5. The molecule has 0 unspecified atom stereocenters. The first-order valence-corrected chi connectivity index (χ1v) is 6.34. The van der Waals surface area contributed by atoms with Gasteiger partial charge in [-0.25, -0.2) is 0 Å². The molecule has 0 N–H and O–H groups in total. The van der Waals surface area contributed by atoms with Crippen LogP contribution in [-0.4, -0.2) is 26.1 Å². The topological polar surface area (TPSA) is 27.7 Å². The molecule has 2 rings (SSSR count). The summed E-state index contributed by atoms with van der Waals surface area (Å²) in [5.41, 5.74) is 0. The first-order valence-electron chi connectivity index (χ1n) is 5.96. The molecule has 1 aliphatic rings. The molecule has 4 heteroatoms. The molecule has 1 aromatic carbocycles. The van der Waals surface area contributed by atoms with E-state index in [0.29, 0.717) is 18.2 Å². The van der Waals surface area contributed by atoms with Gasteiger partial charge in [-0.15, -0.1) is 0 Å². The van der Waals surface area contributed by atoms with Gasteiger partial charge in [-0.3, -0.25) is 0 Å². The molecule has 1 atom stereocenters. The van der Waals surface area contributed by atoms with Crippen molar-refractivity contribution in [2.24, 2.45) is 0 Å². The Morgan fingerprint density at radius 3 is 2.71 bits per heavy atom. The Labute approximate surface area is 107 Å². The van der Waals surface area contributed by atoms with E-state index in [1.807, 2.05) is 24.3 Å². The van der Waals surface area contributed by atoms with Gasteiger partial charge in [-0.1, -0.05) is 11.6 Å². The van der Waals surface area contributed by atoms with Crippen LogP contribution in [0.4, 0.5) is 0 Å². The molecule has 1 fully saturated rings. The highest BCUT2D eigenvalue weighted by Gasteiger charge is 2.13. The predicted octanol–water partition coefficient (Wildman–Crippen LogP) is 3.26. The maximum Gasteiger partial charge on any atom is 0.157 e. The van der Waals surface area contributed by atoms with Gasteiger partial charge < -0.3 is 14.2 Å². The van der Waals surface area contributed by atoms with Crippen molar-refractivity contribution in [3.8, 4) is 5.75 Å². The number of benzene rings is 1. The number of halogens is 1. The Balaban J connectivity index is 1.60. The second-order valence-corrected chi connectivity index (χ2v) is 4.41. The standard InChI is InChI=1S/C13H17ClO3/c14-11-4-6-12(7-5-11)15-9-10-17-13-3-1-2-8-16-13/h4-7,13H,1-3,8-10H2/t13-/m0/s1. The Kier molecular flexibility index (Phi) is 5.10. The van der Waals surface area contributed by atoms with Crippen molar-refractivity contribution in [2.75, 3.05) is 19.8 Å². The number of rotatable bonds is 5. The lowest BCUT2D eigenvalue weighted by atomic mass is 10.2. The molecule has 1 aliphatic heterocycles. The highest BCUT2D eigenvalue weighted by molar-refractivity contribution is 6.30. The minimum atomic E-state index is -0.0439. The van der Waals surface area contributed by atoms with Crippen molar-refractivity contribution in [3.05, 3.63) is 29.3 Å². The Hall–Kier alpha value is -0.770. The van der Waals surface area contributed by atoms with Crippen molar-refractivity contribution in [3.63, 3.8) is 0 Å². The van der Waals surface area contributed by atoms with Crippen LogP contribution in [0.1, 0.15) is 19.3 Å². The van der Waals surface area contributed by atoms with E-state index < -0.39 is 0 Å². The molecule has 0 saturated carbocycles. The Morgan fingerprint density at radius 1 is 1.18 bits per heavy atom. The van der Waals surface area contributed by atoms with E-state index in [4.69, 9.17) is 25.8 Å². The van der Waals surface area contributed by atoms with Gasteiger partial charge in [-0.2, -0.15) is 0 Å². The highest BCUT2D eigenvalue weighted by Crippen LogP contribution is 2.16. The molecule has 0 aliphatic carbocycles. The molecule has 94 valence electrons. The van der Waals surface area contributed by atoms with Crippen molar-refractivity contribution in [2.45, 2.75) is 25.6 Å². The van der Waals surface area contributed by atoms with E-state index in [1.54, 1.807) is 0 Å². The van der Waals surface area contributed by atoms with Gasteiger partial charge in [0.05, 0.1) is 6.61 Å². The van der Waals surface area contributed by atoms with Crippen LogP contribution in [-0.2, 0) is 9.47 Å². The van der Waals surface area contributed by atoms with Gasteiger partial charge >= 0.3 is 0 Å². The summed E-state index contributed by atoms with van der Waals surface area (Å²) in [5.74, 6) is 0.808. The SMILES string of the molecule is Clc1ccc(OCCO[C@H]2CCCCO2)cc1. The fraction of sp³-hybridized carbons (Fsp3) is 0.538. The molecule has 17 heavy (non-hydrogen) atoms. The van der Waals surface area contributed by atoms with Gasteiger partial charge in [0, 0.05) is 11.6 Å². The zero-order valence-corrected chi connectivity index (χ0v) is 10.5. The summed E-state index contributed by atoms with van der Waals surface area (Å²) in [7, 11) is 0. The fourth-order valence-corrected chi connectivity index (χ4v) is 1.84. The van der Waals surface area contributed by atoms with E-state index >= 15 is 0 Å². The molecule has 0 radical (unpaired) electrons. The van der Waals surface area contributed by atoms with Crippen LogP contribution in [0.5, 0.6) is 5.75 Å². The molecule has 0 bridgehead atoms. The van der Waals surface area contributed by atoms with Crippen LogP contribution >= 0.6 is 11.6 Å². The largest absolute Gasteiger partial charge is 0.491 e. The lowest BCUT2D eigenvalue weighted by Gasteiger charge is -2.22. The summed E-state index contributed by atoms with van der Waals surface area (Å²) in [4.78, 5) is 0. The second-order valence-electron chi connectivity index (χ2n) is 3.97. The van der Waals surface area contributed by atoms with Crippen LogP contribution in [0.3, 0.4) is 0 Å². The second kappa shape index (κ2) is 6.84. The maximum atomic E-state index is 5.78. The molecule has 1 aromatic rings. The van der Waals surface area contributed by atoms with Crippen molar-refractivity contribution in [1.82, 2.24) is 0 Å². The molecule has 3 nitrogen and oxygen atoms in total.